The summed E-state index contributed by atoms with van der Waals surface area (Å²) in [7, 11) is 1.97. The van der Waals surface area contributed by atoms with Gasteiger partial charge in [-0.2, -0.15) is 0 Å². The van der Waals surface area contributed by atoms with Crippen LogP contribution in [0.1, 0.15) is 42.2 Å². The normalized spacial score (nSPS) is 11.7. The Kier molecular flexibility index (Phi) is 4.73. The highest BCUT2D eigenvalue weighted by atomic mass is 14.9. The molecule has 1 aromatic heterocycles. The first-order valence-corrected chi connectivity index (χ1v) is 7.51. The molecule has 21 heavy (non-hydrogen) atoms. The molecule has 0 saturated heterocycles. The van der Waals surface area contributed by atoms with Gasteiger partial charge in [0.05, 0.1) is 0 Å². The third kappa shape index (κ3) is 3.30. The van der Waals surface area contributed by atoms with Gasteiger partial charge in [-0.25, -0.2) is 9.97 Å². The Morgan fingerprint density at radius 2 is 1.57 bits per heavy atom. The highest BCUT2D eigenvalue weighted by Gasteiger charge is 2.27. The van der Waals surface area contributed by atoms with Gasteiger partial charge in [-0.15, -0.1) is 0 Å². The molecule has 3 heteroatoms. The van der Waals surface area contributed by atoms with Crippen molar-refractivity contribution < 1.29 is 0 Å². The lowest BCUT2D eigenvalue weighted by molar-refractivity contribution is 0.581. The highest BCUT2D eigenvalue weighted by molar-refractivity contribution is 5.34. The van der Waals surface area contributed by atoms with Gasteiger partial charge in [0.25, 0.3) is 0 Å². The fourth-order valence-corrected chi connectivity index (χ4v) is 2.61. The van der Waals surface area contributed by atoms with Crippen LogP contribution < -0.4 is 5.32 Å². The second-order valence-electron chi connectivity index (χ2n) is 6.04. The molecule has 112 valence electrons. The van der Waals surface area contributed by atoms with E-state index in [2.05, 4.69) is 57.3 Å². The van der Waals surface area contributed by atoms with Gasteiger partial charge in [0.2, 0.25) is 0 Å². The third-order valence-electron chi connectivity index (χ3n) is 4.10. The molecule has 0 aliphatic rings. The molecule has 0 bridgehead atoms. The van der Waals surface area contributed by atoms with Crippen molar-refractivity contribution in [1.82, 2.24) is 15.3 Å². The fraction of sp³-hybridized carbons (Fsp3) is 0.444. The van der Waals surface area contributed by atoms with E-state index in [1.807, 2.05) is 13.1 Å². The molecule has 2 aromatic rings. The Morgan fingerprint density at radius 3 is 2.10 bits per heavy atom. The molecule has 0 atom stereocenters. The molecular formula is C18H25N3. The van der Waals surface area contributed by atoms with Gasteiger partial charge < -0.3 is 5.32 Å². The first-order valence-electron chi connectivity index (χ1n) is 7.51. The molecule has 0 saturated carbocycles. The lowest BCUT2D eigenvalue weighted by Crippen LogP contribution is -2.24. The standard InChI is InChI=1S/C18H25N3/c1-13-16(11-12-19-5)14(2)21-17(20-13)18(3,4)15-9-7-6-8-10-15/h6-10,19H,11-12H2,1-5H3. The van der Waals surface area contributed by atoms with Gasteiger partial charge in [0, 0.05) is 16.8 Å². The van der Waals surface area contributed by atoms with Crippen molar-refractivity contribution in [3.05, 3.63) is 58.7 Å². The van der Waals surface area contributed by atoms with E-state index in [4.69, 9.17) is 9.97 Å². The smallest absolute Gasteiger partial charge is 0.138 e. The maximum Gasteiger partial charge on any atom is 0.138 e. The van der Waals surface area contributed by atoms with Crippen LogP contribution in [0.3, 0.4) is 0 Å². The van der Waals surface area contributed by atoms with E-state index in [0.29, 0.717) is 0 Å². The van der Waals surface area contributed by atoms with E-state index in [1.165, 1.54) is 11.1 Å². The molecule has 0 fully saturated rings. The van der Waals surface area contributed by atoms with Gasteiger partial charge in [-0.05, 0) is 58.8 Å². The van der Waals surface area contributed by atoms with Gasteiger partial charge in [0.1, 0.15) is 5.82 Å². The molecule has 0 aliphatic carbocycles. The number of hydrogen-bond acceptors (Lipinski definition) is 3. The molecule has 0 unspecified atom stereocenters. The van der Waals surface area contributed by atoms with Gasteiger partial charge in [-0.3, -0.25) is 0 Å². The monoisotopic (exact) mass is 283 g/mol. The zero-order chi connectivity index (χ0) is 15.5. The minimum absolute atomic E-state index is 0.182. The Bertz CT molecular complexity index is 580. The van der Waals surface area contributed by atoms with Crippen molar-refractivity contribution in [3.8, 4) is 0 Å². The van der Waals surface area contributed by atoms with Crippen LogP contribution in [0.2, 0.25) is 0 Å². The van der Waals surface area contributed by atoms with Gasteiger partial charge in [-0.1, -0.05) is 30.3 Å². The van der Waals surface area contributed by atoms with Crippen molar-refractivity contribution >= 4 is 0 Å². The zero-order valence-electron chi connectivity index (χ0n) is 13.7. The van der Waals surface area contributed by atoms with Crippen LogP contribution >= 0.6 is 0 Å². The van der Waals surface area contributed by atoms with E-state index in [-0.39, 0.29) is 5.41 Å². The topological polar surface area (TPSA) is 37.8 Å². The molecule has 1 N–H and O–H groups in total. The lowest BCUT2D eigenvalue weighted by Gasteiger charge is -2.25. The van der Waals surface area contributed by atoms with E-state index < -0.39 is 0 Å². The van der Waals surface area contributed by atoms with Crippen molar-refractivity contribution in [2.75, 3.05) is 13.6 Å². The quantitative estimate of drug-likeness (QED) is 0.916. The van der Waals surface area contributed by atoms with E-state index in [9.17, 15) is 0 Å². The molecule has 0 spiro atoms. The molecule has 0 radical (unpaired) electrons. The van der Waals surface area contributed by atoms with Gasteiger partial charge >= 0.3 is 0 Å². The molecule has 0 amide bonds. The minimum Gasteiger partial charge on any atom is -0.319 e. The number of nitrogens with one attached hydrogen (secondary N) is 1. The van der Waals surface area contributed by atoms with E-state index in [1.54, 1.807) is 0 Å². The fourth-order valence-electron chi connectivity index (χ4n) is 2.61. The molecule has 1 heterocycles. The van der Waals surface area contributed by atoms with E-state index >= 15 is 0 Å². The summed E-state index contributed by atoms with van der Waals surface area (Å²) in [6.07, 6.45) is 0.972. The first-order chi connectivity index (χ1) is 9.96. The van der Waals surface area contributed by atoms with Crippen molar-refractivity contribution in [2.24, 2.45) is 0 Å². The van der Waals surface area contributed by atoms with E-state index in [0.717, 1.165) is 30.2 Å². The number of rotatable bonds is 5. The number of benzene rings is 1. The highest BCUT2D eigenvalue weighted by Crippen LogP contribution is 2.29. The summed E-state index contributed by atoms with van der Waals surface area (Å²) in [6, 6.07) is 10.5. The Balaban J connectivity index is 2.41. The summed E-state index contributed by atoms with van der Waals surface area (Å²) in [5, 5.41) is 3.19. The van der Waals surface area contributed by atoms with Crippen LogP contribution in [-0.4, -0.2) is 23.6 Å². The third-order valence-corrected chi connectivity index (χ3v) is 4.10. The second-order valence-corrected chi connectivity index (χ2v) is 6.04. The number of hydrogen-bond donors (Lipinski definition) is 1. The molecule has 0 aliphatic heterocycles. The summed E-state index contributed by atoms with van der Waals surface area (Å²) >= 11 is 0. The number of aryl methyl sites for hydroxylation is 2. The molecular weight excluding hydrogens is 258 g/mol. The molecule has 3 nitrogen and oxygen atoms in total. The van der Waals surface area contributed by atoms with Crippen molar-refractivity contribution in [1.29, 1.82) is 0 Å². The molecule has 1 aromatic carbocycles. The maximum absolute atomic E-state index is 4.80. The summed E-state index contributed by atoms with van der Waals surface area (Å²) in [4.78, 5) is 9.59. The maximum atomic E-state index is 4.80. The largest absolute Gasteiger partial charge is 0.319 e. The predicted molar refractivity (Wildman–Crippen MR) is 87.7 cm³/mol. The SMILES string of the molecule is CNCCc1c(C)nc(C(C)(C)c2ccccc2)nc1C. The predicted octanol–water partition coefficient (Wildman–Crippen LogP) is 3.18. The lowest BCUT2D eigenvalue weighted by atomic mass is 9.83. The number of likely N-dealkylation sites (N-methyl/N-ethyl adjacent to an activating group) is 1. The van der Waals surface area contributed by atoms with Crippen LogP contribution in [0.4, 0.5) is 0 Å². The summed E-state index contributed by atoms with van der Waals surface area (Å²) in [5.41, 5.74) is 4.51. The van der Waals surface area contributed by atoms with Gasteiger partial charge in [0.15, 0.2) is 0 Å². The average Bonchev–Trinajstić information content (AvgIpc) is 2.47. The van der Waals surface area contributed by atoms with Crippen molar-refractivity contribution in [2.45, 2.75) is 39.5 Å². The number of nitrogens with zero attached hydrogens (tertiary/aromatic N) is 2. The minimum atomic E-state index is -0.182. The Labute approximate surface area is 127 Å². The van der Waals surface area contributed by atoms with Crippen LogP contribution in [0.15, 0.2) is 30.3 Å². The zero-order valence-corrected chi connectivity index (χ0v) is 13.7. The summed E-state index contributed by atoms with van der Waals surface area (Å²) < 4.78 is 0. The number of aromatic nitrogens is 2. The van der Waals surface area contributed by atoms with Crippen LogP contribution in [-0.2, 0) is 11.8 Å². The average molecular weight is 283 g/mol. The summed E-state index contributed by atoms with van der Waals surface area (Å²) in [5.74, 6) is 0.900. The van der Waals surface area contributed by atoms with Crippen LogP contribution in [0.25, 0.3) is 0 Å². The van der Waals surface area contributed by atoms with Crippen molar-refractivity contribution in [3.63, 3.8) is 0 Å². The van der Waals surface area contributed by atoms with Crippen LogP contribution in [0.5, 0.6) is 0 Å². The Morgan fingerprint density at radius 1 is 1.00 bits per heavy atom. The summed E-state index contributed by atoms with van der Waals surface area (Å²) in [6.45, 7) is 9.49. The molecule has 2 rings (SSSR count). The first kappa shape index (κ1) is 15.6. The van der Waals surface area contributed by atoms with Crippen LogP contribution in [0, 0.1) is 13.8 Å². The second kappa shape index (κ2) is 6.35. The Hall–Kier alpha value is -1.74.